The third kappa shape index (κ3) is 12.7. The summed E-state index contributed by atoms with van der Waals surface area (Å²) in [6.45, 7) is 13.2. The van der Waals surface area contributed by atoms with Crippen molar-refractivity contribution in [2.75, 3.05) is 6.54 Å². The molecule has 1 aromatic rings. The normalized spacial score (nSPS) is 15.3. The molecule has 0 saturated heterocycles. The Bertz CT molecular complexity index is 739. The first-order chi connectivity index (χ1) is 14.5. The topological polar surface area (TPSA) is 61.1 Å². The first-order valence-electron chi connectivity index (χ1n) is 10.9. The van der Waals surface area contributed by atoms with E-state index in [0.29, 0.717) is 5.92 Å². The predicted molar refractivity (Wildman–Crippen MR) is 134 cm³/mol. The Kier molecular flexibility index (Phi) is 16.6. The Labute approximate surface area is 184 Å². The van der Waals surface area contributed by atoms with Gasteiger partial charge in [-0.25, -0.2) is 0 Å². The fourth-order valence-corrected chi connectivity index (χ4v) is 2.91. The fourth-order valence-electron chi connectivity index (χ4n) is 2.91. The molecule has 164 valence electrons. The standard InChI is InChI=1S/C13H20.C11H15N3.C2H5N/c1-4-8-13-10-7-6-9-12(5-2)11(13)3;1-3-12-9-13-6-4-11-5-7-14-10(2)8-11;1-2-3/h6-7,9-10,13H,4-5,8H2,1-3H3;4-9H,3H2,1-2H3,(H,12,13);2-3H,1H3/b;6-4-;. The molecule has 0 fully saturated rings. The third-order valence-electron chi connectivity index (χ3n) is 4.44. The predicted octanol–water partition coefficient (Wildman–Crippen LogP) is 6.91. The second-order valence-corrected chi connectivity index (χ2v) is 6.85. The van der Waals surface area contributed by atoms with Crippen molar-refractivity contribution in [2.24, 2.45) is 10.9 Å². The van der Waals surface area contributed by atoms with Gasteiger partial charge in [0.15, 0.2) is 0 Å². The zero-order chi connectivity index (χ0) is 22.6. The summed E-state index contributed by atoms with van der Waals surface area (Å²) in [7, 11) is 0. The van der Waals surface area contributed by atoms with E-state index < -0.39 is 0 Å². The molecule has 2 rings (SSSR count). The van der Waals surface area contributed by atoms with Crippen LogP contribution in [0.5, 0.6) is 0 Å². The molecule has 0 aliphatic heterocycles. The van der Waals surface area contributed by atoms with E-state index in [4.69, 9.17) is 5.41 Å². The average Bonchev–Trinajstić information content (AvgIpc) is 2.91. The summed E-state index contributed by atoms with van der Waals surface area (Å²) in [6, 6.07) is 3.98. The monoisotopic (exact) mass is 408 g/mol. The number of nitrogens with one attached hydrogen (secondary N) is 2. The highest BCUT2D eigenvalue weighted by molar-refractivity contribution is 5.59. The molecule has 0 bridgehead atoms. The first kappa shape index (κ1) is 27.2. The summed E-state index contributed by atoms with van der Waals surface area (Å²) in [4.78, 5) is 8.14. The lowest BCUT2D eigenvalue weighted by Crippen LogP contribution is -1.99. The molecule has 0 aromatic carbocycles. The molecule has 2 N–H and O–H groups in total. The van der Waals surface area contributed by atoms with Crippen molar-refractivity contribution in [2.45, 2.75) is 60.8 Å². The maximum Gasteiger partial charge on any atom is 0.0863 e. The molecule has 0 radical (unpaired) electrons. The van der Waals surface area contributed by atoms with E-state index in [1.807, 2.05) is 38.3 Å². The van der Waals surface area contributed by atoms with Crippen LogP contribution in [-0.4, -0.2) is 24.1 Å². The first-order valence-corrected chi connectivity index (χ1v) is 10.9. The highest BCUT2D eigenvalue weighted by Crippen LogP contribution is 2.25. The summed E-state index contributed by atoms with van der Waals surface area (Å²) in [5, 5.41) is 9.04. The lowest BCUT2D eigenvalue weighted by atomic mass is 9.91. The molecule has 1 aliphatic rings. The highest BCUT2D eigenvalue weighted by atomic mass is 14.9. The second kappa shape index (κ2) is 18.3. The van der Waals surface area contributed by atoms with Crippen molar-refractivity contribution < 1.29 is 0 Å². The summed E-state index contributed by atoms with van der Waals surface area (Å²) in [6.07, 6.45) is 21.2. The summed E-state index contributed by atoms with van der Waals surface area (Å²) in [5.74, 6) is 0.676. The zero-order valence-corrected chi connectivity index (χ0v) is 19.7. The second-order valence-electron chi connectivity index (χ2n) is 6.85. The molecular weight excluding hydrogens is 368 g/mol. The van der Waals surface area contributed by atoms with E-state index in [2.05, 4.69) is 60.4 Å². The number of aromatic nitrogens is 1. The number of nitrogens with zero attached hydrogens (tertiary/aromatic N) is 2. The van der Waals surface area contributed by atoms with Gasteiger partial charge in [0.25, 0.3) is 0 Å². The van der Waals surface area contributed by atoms with Crippen molar-refractivity contribution in [3.8, 4) is 0 Å². The van der Waals surface area contributed by atoms with Gasteiger partial charge in [0.1, 0.15) is 0 Å². The van der Waals surface area contributed by atoms with E-state index >= 15 is 0 Å². The van der Waals surface area contributed by atoms with Crippen LogP contribution in [0.1, 0.15) is 65.1 Å². The van der Waals surface area contributed by atoms with E-state index in [1.54, 1.807) is 25.0 Å². The van der Waals surface area contributed by atoms with Crippen LogP contribution in [0.25, 0.3) is 6.08 Å². The van der Waals surface area contributed by atoms with Crippen molar-refractivity contribution in [1.82, 2.24) is 10.3 Å². The Morgan fingerprint density at radius 2 is 1.93 bits per heavy atom. The molecular formula is C26H40N4. The zero-order valence-electron chi connectivity index (χ0n) is 19.7. The number of pyridine rings is 1. The van der Waals surface area contributed by atoms with Crippen LogP contribution in [-0.2, 0) is 0 Å². The van der Waals surface area contributed by atoms with Crippen molar-refractivity contribution in [1.29, 1.82) is 5.41 Å². The molecule has 4 nitrogen and oxygen atoms in total. The number of hydrogen-bond donors (Lipinski definition) is 2. The molecule has 0 amide bonds. The van der Waals surface area contributed by atoms with Gasteiger partial charge in [0.05, 0.1) is 6.34 Å². The Balaban J connectivity index is 0.000000497. The summed E-state index contributed by atoms with van der Waals surface area (Å²) >= 11 is 0. The van der Waals surface area contributed by atoms with Crippen LogP contribution >= 0.6 is 0 Å². The van der Waals surface area contributed by atoms with Crippen LogP contribution in [0.2, 0.25) is 0 Å². The molecule has 1 atom stereocenters. The molecule has 4 heteroatoms. The number of allylic oxidation sites excluding steroid dienone is 6. The van der Waals surface area contributed by atoms with Gasteiger partial charge in [0.2, 0.25) is 0 Å². The minimum absolute atomic E-state index is 0.676. The van der Waals surface area contributed by atoms with E-state index in [0.717, 1.165) is 24.2 Å². The van der Waals surface area contributed by atoms with Crippen molar-refractivity contribution >= 4 is 18.6 Å². The number of rotatable bonds is 7. The minimum Gasteiger partial charge on any atom is -0.353 e. The molecule has 1 aliphatic carbocycles. The lowest BCUT2D eigenvalue weighted by Gasteiger charge is -2.14. The maximum atomic E-state index is 6.08. The molecule has 1 heterocycles. The van der Waals surface area contributed by atoms with Gasteiger partial charge >= 0.3 is 0 Å². The van der Waals surface area contributed by atoms with Gasteiger partial charge in [-0.2, -0.15) is 0 Å². The SMILES string of the molecule is CC=N.CCCC1C=CC=CC(CC)=C1C.CCN=CN/C=C\c1ccnc(C)c1. The van der Waals surface area contributed by atoms with Gasteiger partial charge in [0, 0.05) is 24.6 Å². The van der Waals surface area contributed by atoms with Gasteiger partial charge in [-0.1, -0.05) is 50.1 Å². The third-order valence-corrected chi connectivity index (χ3v) is 4.44. The van der Waals surface area contributed by atoms with E-state index in [-0.39, 0.29) is 0 Å². The number of aliphatic imine (C=N–C) groups is 1. The molecule has 1 unspecified atom stereocenters. The van der Waals surface area contributed by atoms with E-state index in [1.165, 1.54) is 24.6 Å². The van der Waals surface area contributed by atoms with Gasteiger partial charge in [-0.15, -0.1) is 0 Å². The van der Waals surface area contributed by atoms with Gasteiger partial charge < -0.3 is 10.7 Å². The maximum absolute atomic E-state index is 6.08. The van der Waals surface area contributed by atoms with Crippen LogP contribution in [0.4, 0.5) is 0 Å². The molecule has 1 aromatic heterocycles. The Morgan fingerprint density at radius 1 is 1.20 bits per heavy atom. The van der Waals surface area contributed by atoms with Crippen molar-refractivity contribution in [3.05, 3.63) is 71.2 Å². The van der Waals surface area contributed by atoms with E-state index in [9.17, 15) is 0 Å². The van der Waals surface area contributed by atoms with Crippen LogP contribution in [0.3, 0.4) is 0 Å². The van der Waals surface area contributed by atoms with Crippen LogP contribution in [0, 0.1) is 18.3 Å². The number of aryl methyl sites for hydroxylation is 1. The Morgan fingerprint density at radius 3 is 2.53 bits per heavy atom. The number of hydrogen-bond acceptors (Lipinski definition) is 3. The molecule has 0 saturated carbocycles. The van der Waals surface area contributed by atoms with Crippen molar-refractivity contribution in [3.63, 3.8) is 0 Å². The van der Waals surface area contributed by atoms with Crippen LogP contribution in [0.15, 0.2) is 65.0 Å². The Hall–Kier alpha value is -2.75. The van der Waals surface area contributed by atoms with Gasteiger partial charge in [-0.05, 0) is 82.0 Å². The summed E-state index contributed by atoms with van der Waals surface area (Å²) in [5.41, 5.74) is 5.24. The average molecular weight is 409 g/mol. The van der Waals surface area contributed by atoms with Crippen LogP contribution < -0.4 is 5.32 Å². The van der Waals surface area contributed by atoms with Gasteiger partial charge in [-0.3, -0.25) is 9.98 Å². The quantitative estimate of drug-likeness (QED) is 0.380. The smallest absolute Gasteiger partial charge is 0.0863 e. The molecule has 0 spiro atoms. The largest absolute Gasteiger partial charge is 0.353 e. The fraction of sp³-hybridized carbons (Fsp3) is 0.423. The summed E-state index contributed by atoms with van der Waals surface area (Å²) < 4.78 is 0. The minimum atomic E-state index is 0.676. The highest BCUT2D eigenvalue weighted by Gasteiger charge is 2.10. The lowest BCUT2D eigenvalue weighted by molar-refractivity contribution is 0.652. The molecule has 30 heavy (non-hydrogen) atoms.